The van der Waals surface area contributed by atoms with Crippen molar-refractivity contribution in [2.75, 3.05) is 13.6 Å². The maximum Gasteiger partial charge on any atom is 0.272 e. The number of hydrogen-bond donors (Lipinski definition) is 1. The van der Waals surface area contributed by atoms with Crippen LogP contribution < -0.4 is 0 Å². The first-order chi connectivity index (χ1) is 9.59. The van der Waals surface area contributed by atoms with Gasteiger partial charge in [0.05, 0.1) is 18.6 Å². The molecule has 2 rings (SSSR count). The molecule has 0 aliphatic carbocycles. The second kappa shape index (κ2) is 6.34. The average Bonchev–Trinajstić information content (AvgIpc) is 2.94. The third-order valence-electron chi connectivity index (χ3n) is 3.12. The number of imidazole rings is 1. The predicted molar refractivity (Wildman–Crippen MR) is 76.8 cm³/mol. The van der Waals surface area contributed by atoms with Gasteiger partial charge in [-0.3, -0.25) is 9.36 Å². The summed E-state index contributed by atoms with van der Waals surface area (Å²) in [7, 11) is 1.73. The van der Waals surface area contributed by atoms with Crippen molar-refractivity contribution in [2.45, 2.75) is 19.4 Å². The van der Waals surface area contributed by atoms with Crippen LogP contribution in [0.5, 0.6) is 0 Å². The predicted octanol–water partition coefficient (Wildman–Crippen LogP) is 1.72. The number of carbonyl (C=O) groups excluding carboxylic acids is 1. The number of hydrogen-bond acceptors (Lipinski definition) is 3. The zero-order valence-corrected chi connectivity index (χ0v) is 11.7. The molecule has 0 bridgehead atoms. The largest absolute Gasteiger partial charge is 0.393 e. The summed E-state index contributed by atoms with van der Waals surface area (Å²) in [6.45, 7) is 2.23. The van der Waals surface area contributed by atoms with E-state index in [-0.39, 0.29) is 5.91 Å². The molecule has 1 amide bonds. The molecule has 2 aromatic rings. The van der Waals surface area contributed by atoms with Gasteiger partial charge >= 0.3 is 0 Å². The van der Waals surface area contributed by atoms with Crippen LogP contribution in [0.1, 0.15) is 23.8 Å². The highest BCUT2D eigenvalue weighted by Gasteiger charge is 2.17. The summed E-state index contributed by atoms with van der Waals surface area (Å²) < 4.78 is 1.77. The summed E-state index contributed by atoms with van der Waals surface area (Å²) in [5, 5.41) is 9.29. The Morgan fingerprint density at radius 3 is 2.75 bits per heavy atom. The van der Waals surface area contributed by atoms with Crippen LogP contribution in [0.15, 0.2) is 42.9 Å². The van der Waals surface area contributed by atoms with Gasteiger partial charge in [-0.25, -0.2) is 4.98 Å². The zero-order valence-electron chi connectivity index (χ0n) is 11.7. The molecule has 5 nitrogen and oxygen atoms in total. The zero-order chi connectivity index (χ0) is 14.5. The minimum absolute atomic E-state index is 0.105. The molecule has 0 fully saturated rings. The van der Waals surface area contributed by atoms with Crippen molar-refractivity contribution >= 4 is 5.91 Å². The Kier molecular flexibility index (Phi) is 4.53. The summed E-state index contributed by atoms with van der Waals surface area (Å²) >= 11 is 0. The molecule has 1 aromatic heterocycles. The van der Waals surface area contributed by atoms with Crippen LogP contribution >= 0.6 is 0 Å². The Labute approximate surface area is 118 Å². The van der Waals surface area contributed by atoms with Gasteiger partial charge in [0.1, 0.15) is 5.69 Å². The lowest BCUT2D eigenvalue weighted by Crippen LogP contribution is -2.30. The van der Waals surface area contributed by atoms with Crippen molar-refractivity contribution in [1.29, 1.82) is 0 Å². The summed E-state index contributed by atoms with van der Waals surface area (Å²) in [5.74, 6) is -0.105. The molecular weight excluding hydrogens is 254 g/mol. The molecule has 106 valence electrons. The first kappa shape index (κ1) is 14.3. The lowest BCUT2D eigenvalue weighted by molar-refractivity contribution is 0.0761. The standard InChI is InChI=1S/C15H19N3O2/c1-12(19)8-9-17(2)15(20)14-10-16-11-18(14)13-6-4-3-5-7-13/h3-7,10-12,19H,8-9H2,1-2H3. The lowest BCUT2D eigenvalue weighted by atomic mass is 10.2. The number of aromatic nitrogens is 2. The Morgan fingerprint density at radius 1 is 1.40 bits per heavy atom. The Balaban J connectivity index is 2.18. The number of aliphatic hydroxyl groups is 1. The smallest absolute Gasteiger partial charge is 0.272 e. The SMILES string of the molecule is CC(O)CCN(C)C(=O)c1cncn1-c1ccccc1. The number of para-hydroxylation sites is 1. The van der Waals surface area contributed by atoms with Gasteiger partial charge in [0.25, 0.3) is 5.91 Å². The molecule has 1 N–H and O–H groups in total. The highest BCUT2D eigenvalue weighted by Crippen LogP contribution is 2.12. The van der Waals surface area contributed by atoms with Crippen molar-refractivity contribution in [3.05, 3.63) is 48.5 Å². The first-order valence-corrected chi connectivity index (χ1v) is 6.61. The van der Waals surface area contributed by atoms with E-state index in [2.05, 4.69) is 4.98 Å². The van der Waals surface area contributed by atoms with E-state index in [0.717, 1.165) is 5.69 Å². The van der Waals surface area contributed by atoms with E-state index in [4.69, 9.17) is 0 Å². The van der Waals surface area contributed by atoms with Gasteiger partial charge in [-0.1, -0.05) is 18.2 Å². The Morgan fingerprint density at radius 2 is 2.10 bits per heavy atom. The number of amides is 1. The van der Waals surface area contributed by atoms with Crippen molar-refractivity contribution in [3.63, 3.8) is 0 Å². The molecule has 1 atom stereocenters. The maximum atomic E-state index is 12.4. The molecule has 0 saturated heterocycles. The topological polar surface area (TPSA) is 58.4 Å². The number of aliphatic hydroxyl groups excluding tert-OH is 1. The normalized spacial score (nSPS) is 12.2. The van der Waals surface area contributed by atoms with Gasteiger partial charge in [-0.2, -0.15) is 0 Å². The van der Waals surface area contributed by atoms with E-state index in [1.807, 2.05) is 30.3 Å². The second-order valence-corrected chi connectivity index (χ2v) is 4.85. The minimum Gasteiger partial charge on any atom is -0.393 e. The highest BCUT2D eigenvalue weighted by molar-refractivity contribution is 5.92. The van der Waals surface area contributed by atoms with Gasteiger partial charge in [0.2, 0.25) is 0 Å². The molecule has 20 heavy (non-hydrogen) atoms. The molecule has 0 saturated carbocycles. The molecule has 1 unspecified atom stereocenters. The quantitative estimate of drug-likeness (QED) is 0.902. The van der Waals surface area contributed by atoms with Crippen LogP contribution in [-0.4, -0.2) is 45.2 Å². The van der Waals surface area contributed by atoms with Crippen molar-refractivity contribution in [1.82, 2.24) is 14.5 Å². The number of rotatable bonds is 5. The highest BCUT2D eigenvalue weighted by atomic mass is 16.3. The van der Waals surface area contributed by atoms with Crippen molar-refractivity contribution in [2.24, 2.45) is 0 Å². The van der Waals surface area contributed by atoms with Crippen LogP contribution in [0.25, 0.3) is 5.69 Å². The molecule has 0 aliphatic heterocycles. The summed E-state index contributed by atoms with van der Waals surface area (Å²) in [4.78, 5) is 18.1. The van der Waals surface area contributed by atoms with E-state index >= 15 is 0 Å². The molecule has 0 radical (unpaired) electrons. The third kappa shape index (κ3) is 3.24. The maximum absolute atomic E-state index is 12.4. The molecule has 5 heteroatoms. The summed E-state index contributed by atoms with van der Waals surface area (Å²) in [6.07, 6.45) is 3.34. The van der Waals surface area contributed by atoms with Crippen LogP contribution in [-0.2, 0) is 0 Å². The van der Waals surface area contributed by atoms with Crippen LogP contribution in [0, 0.1) is 0 Å². The number of carbonyl (C=O) groups is 1. The fourth-order valence-electron chi connectivity index (χ4n) is 1.93. The van der Waals surface area contributed by atoms with E-state index in [0.29, 0.717) is 18.7 Å². The average molecular weight is 273 g/mol. The second-order valence-electron chi connectivity index (χ2n) is 4.85. The third-order valence-corrected chi connectivity index (χ3v) is 3.12. The summed E-state index contributed by atoms with van der Waals surface area (Å²) in [5.41, 5.74) is 1.42. The number of benzene rings is 1. The van der Waals surface area contributed by atoms with Crippen molar-refractivity contribution in [3.8, 4) is 5.69 Å². The first-order valence-electron chi connectivity index (χ1n) is 6.61. The fraction of sp³-hybridized carbons (Fsp3) is 0.333. The Hall–Kier alpha value is -2.14. The van der Waals surface area contributed by atoms with Crippen LogP contribution in [0.3, 0.4) is 0 Å². The minimum atomic E-state index is -0.413. The van der Waals surface area contributed by atoms with Crippen LogP contribution in [0.4, 0.5) is 0 Å². The van der Waals surface area contributed by atoms with E-state index < -0.39 is 6.10 Å². The van der Waals surface area contributed by atoms with Gasteiger partial charge in [0.15, 0.2) is 0 Å². The van der Waals surface area contributed by atoms with E-state index in [1.54, 1.807) is 36.0 Å². The molecule has 0 spiro atoms. The van der Waals surface area contributed by atoms with Crippen molar-refractivity contribution < 1.29 is 9.90 Å². The van der Waals surface area contributed by atoms with Gasteiger partial charge in [-0.15, -0.1) is 0 Å². The molecule has 0 aliphatic rings. The molecular formula is C15H19N3O2. The molecule has 1 aromatic carbocycles. The lowest BCUT2D eigenvalue weighted by Gasteiger charge is -2.18. The van der Waals surface area contributed by atoms with Crippen LogP contribution in [0.2, 0.25) is 0 Å². The Bertz CT molecular complexity index is 564. The van der Waals surface area contributed by atoms with E-state index in [9.17, 15) is 9.90 Å². The van der Waals surface area contributed by atoms with E-state index in [1.165, 1.54) is 0 Å². The fourth-order valence-corrected chi connectivity index (χ4v) is 1.93. The summed E-state index contributed by atoms with van der Waals surface area (Å²) in [6, 6.07) is 9.61. The molecule has 1 heterocycles. The monoisotopic (exact) mass is 273 g/mol. The van der Waals surface area contributed by atoms with Gasteiger partial charge in [-0.05, 0) is 25.5 Å². The number of nitrogens with zero attached hydrogens (tertiary/aromatic N) is 3. The van der Waals surface area contributed by atoms with Gasteiger partial charge < -0.3 is 10.0 Å². The van der Waals surface area contributed by atoms with Gasteiger partial charge in [0, 0.05) is 19.3 Å².